The van der Waals surface area contributed by atoms with E-state index in [9.17, 15) is 9.59 Å². The molecule has 0 spiro atoms. The van der Waals surface area contributed by atoms with E-state index in [4.69, 9.17) is 14.2 Å². The van der Waals surface area contributed by atoms with Gasteiger partial charge in [-0.15, -0.1) is 0 Å². The van der Waals surface area contributed by atoms with E-state index >= 15 is 0 Å². The van der Waals surface area contributed by atoms with Crippen LogP contribution in [0.1, 0.15) is 62.2 Å². The number of esters is 1. The highest BCUT2D eigenvalue weighted by molar-refractivity contribution is 5.99. The van der Waals surface area contributed by atoms with E-state index in [-0.39, 0.29) is 11.5 Å². The average molecular weight is 363 g/mol. The zero-order valence-corrected chi connectivity index (χ0v) is 15.9. The van der Waals surface area contributed by atoms with Crippen LogP contribution in [0.3, 0.4) is 0 Å². The molecule has 0 unspecified atom stereocenters. The van der Waals surface area contributed by atoms with Gasteiger partial charge in [0.1, 0.15) is 16.9 Å². The van der Waals surface area contributed by atoms with Crippen LogP contribution in [0.4, 0.5) is 5.69 Å². The van der Waals surface area contributed by atoms with E-state index in [0.29, 0.717) is 18.0 Å². The van der Waals surface area contributed by atoms with Crippen LogP contribution in [-0.4, -0.2) is 38.3 Å². The van der Waals surface area contributed by atoms with Gasteiger partial charge in [0.2, 0.25) is 0 Å². The molecular formula is C20H29NO5. The van der Waals surface area contributed by atoms with Crippen LogP contribution < -0.4 is 10.1 Å². The summed E-state index contributed by atoms with van der Waals surface area (Å²) < 4.78 is 16.0. The number of anilines is 1. The summed E-state index contributed by atoms with van der Waals surface area (Å²) in [4.78, 5) is 25.0. The third-order valence-electron chi connectivity index (χ3n) is 4.77. The second-order valence-electron chi connectivity index (χ2n) is 6.62. The fraction of sp³-hybridized carbons (Fsp3) is 0.600. The number of ether oxygens (including phenoxy) is 3. The Balaban J connectivity index is 2.23. The monoisotopic (exact) mass is 363 g/mol. The first-order chi connectivity index (χ1) is 12.6. The third kappa shape index (κ3) is 4.75. The highest BCUT2D eigenvalue weighted by Gasteiger charge is 2.39. The van der Waals surface area contributed by atoms with E-state index in [0.717, 1.165) is 44.9 Å². The van der Waals surface area contributed by atoms with Gasteiger partial charge in [-0.2, -0.15) is 0 Å². The minimum Gasteiger partial charge on any atom is -0.496 e. The van der Waals surface area contributed by atoms with Gasteiger partial charge in [0, 0.05) is 12.3 Å². The van der Waals surface area contributed by atoms with Crippen molar-refractivity contribution < 1.29 is 23.8 Å². The van der Waals surface area contributed by atoms with Gasteiger partial charge in [0.15, 0.2) is 0 Å². The molecular weight excluding hydrogens is 334 g/mol. The van der Waals surface area contributed by atoms with Gasteiger partial charge in [0.05, 0.1) is 14.2 Å². The second-order valence-corrected chi connectivity index (χ2v) is 6.62. The largest absolute Gasteiger partial charge is 0.496 e. The van der Waals surface area contributed by atoms with Gasteiger partial charge in [-0.3, -0.25) is 4.79 Å². The number of carbonyl (C=O) groups is 2. The molecule has 6 heteroatoms. The molecule has 26 heavy (non-hydrogen) atoms. The summed E-state index contributed by atoms with van der Waals surface area (Å²) in [5, 5.41) is 2.93. The van der Waals surface area contributed by atoms with E-state index in [1.165, 1.54) is 14.2 Å². The van der Waals surface area contributed by atoms with Gasteiger partial charge in [-0.25, -0.2) is 4.79 Å². The van der Waals surface area contributed by atoms with Crippen LogP contribution >= 0.6 is 0 Å². The first-order valence-electron chi connectivity index (χ1n) is 9.28. The predicted molar refractivity (Wildman–Crippen MR) is 99.6 cm³/mol. The zero-order chi connectivity index (χ0) is 19.0. The van der Waals surface area contributed by atoms with Crippen LogP contribution in [0, 0.1) is 0 Å². The molecule has 6 nitrogen and oxygen atoms in total. The van der Waals surface area contributed by atoms with Gasteiger partial charge in [0.25, 0.3) is 5.91 Å². The topological polar surface area (TPSA) is 73.9 Å². The highest BCUT2D eigenvalue weighted by Crippen LogP contribution is 2.33. The maximum absolute atomic E-state index is 13.1. The number of methoxy groups -OCH3 is 2. The smallest absolute Gasteiger partial charge is 0.341 e. The number of benzene rings is 1. The molecule has 1 N–H and O–H groups in total. The normalized spacial score (nSPS) is 16.4. The van der Waals surface area contributed by atoms with E-state index in [2.05, 4.69) is 5.32 Å². The van der Waals surface area contributed by atoms with Crippen molar-refractivity contribution in [1.29, 1.82) is 0 Å². The minimum absolute atomic E-state index is 0.145. The molecule has 0 bridgehead atoms. The molecule has 2 rings (SSSR count). The average Bonchev–Trinajstić information content (AvgIpc) is 2.92. The number of carbonyl (C=O) groups excluding carboxylic acids is 2. The summed E-state index contributed by atoms with van der Waals surface area (Å²) in [7, 11) is 2.80. The zero-order valence-electron chi connectivity index (χ0n) is 15.9. The van der Waals surface area contributed by atoms with E-state index < -0.39 is 11.6 Å². The predicted octanol–water partition coefficient (Wildman–Crippen LogP) is 3.94. The molecule has 1 amide bonds. The number of amides is 1. The molecule has 1 aliphatic rings. The number of hydrogen-bond acceptors (Lipinski definition) is 5. The fourth-order valence-corrected chi connectivity index (χ4v) is 3.33. The summed E-state index contributed by atoms with van der Waals surface area (Å²) in [6, 6.07) is 4.94. The first-order valence-corrected chi connectivity index (χ1v) is 9.28. The highest BCUT2D eigenvalue weighted by atomic mass is 16.5. The maximum Gasteiger partial charge on any atom is 0.341 e. The number of nitrogens with one attached hydrogen (secondary N) is 1. The molecule has 0 atom stereocenters. The third-order valence-corrected chi connectivity index (χ3v) is 4.77. The van der Waals surface area contributed by atoms with Crippen LogP contribution in [0.15, 0.2) is 18.2 Å². The Morgan fingerprint density at radius 2 is 1.81 bits per heavy atom. The lowest BCUT2D eigenvalue weighted by Crippen LogP contribution is -2.45. The molecule has 1 aliphatic carbocycles. The first kappa shape index (κ1) is 20.2. The molecule has 1 fully saturated rings. The second kappa shape index (κ2) is 9.57. The van der Waals surface area contributed by atoms with E-state index in [1.54, 1.807) is 18.2 Å². The van der Waals surface area contributed by atoms with Gasteiger partial charge in [-0.1, -0.05) is 32.6 Å². The Bertz CT molecular complexity index is 621. The van der Waals surface area contributed by atoms with Crippen molar-refractivity contribution in [2.45, 2.75) is 57.5 Å². The molecule has 0 aromatic heterocycles. The summed E-state index contributed by atoms with van der Waals surface area (Å²) in [5.41, 5.74) is 0.00910. The Hall–Kier alpha value is -2.08. The lowest BCUT2D eigenvalue weighted by atomic mass is 9.92. The molecule has 1 aromatic carbocycles. The molecule has 0 radical (unpaired) electrons. The van der Waals surface area contributed by atoms with Crippen molar-refractivity contribution in [3.63, 3.8) is 0 Å². The Morgan fingerprint density at radius 3 is 2.38 bits per heavy atom. The maximum atomic E-state index is 13.1. The molecule has 1 saturated carbocycles. The minimum atomic E-state index is -0.794. The van der Waals surface area contributed by atoms with Crippen molar-refractivity contribution in [3.05, 3.63) is 23.8 Å². The van der Waals surface area contributed by atoms with Crippen molar-refractivity contribution in [2.75, 3.05) is 26.1 Å². The molecule has 1 aromatic rings. The Kier molecular flexibility index (Phi) is 7.45. The molecule has 0 heterocycles. The van der Waals surface area contributed by atoms with Crippen molar-refractivity contribution in [1.82, 2.24) is 0 Å². The summed E-state index contributed by atoms with van der Waals surface area (Å²) in [5.74, 6) is -0.251. The van der Waals surface area contributed by atoms with Crippen LogP contribution in [0.5, 0.6) is 5.75 Å². The molecule has 144 valence electrons. The molecule has 0 saturated heterocycles. The quantitative estimate of drug-likeness (QED) is 0.587. The summed E-state index contributed by atoms with van der Waals surface area (Å²) in [6.45, 7) is 2.60. The van der Waals surface area contributed by atoms with Crippen LogP contribution in [0.25, 0.3) is 0 Å². The van der Waals surface area contributed by atoms with Gasteiger partial charge in [-0.05, 0) is 37.5 Å². The molecule has 0 aliphatic heterocycles. The lowest BCUT2D eigenvalue weighted by molar-refractivity contribution is -0.143. The SMILES string of the molecule is CCCOC1(C(=O)Nc2ccc(OC)c(C(=O)OC)c2)CCCCCC1. The van der Waals surface area contributed by atoms with Crippen molar-refractivity contribution >= 4 is 17.6 Å². The lowest BCUT2D eigenvalue weighted by Gasteiger charge is -2.31. The van der Waals surface area contributed by atoms with E-state index in [1.807, 2.05) is 6.92 Å². The Labute approximate surface area is 155 Å². The number of rotatable bonds is 7. The van der Waals surface area contributed by atoms with Crippen molar-refractivity contribution in [3.8, 4) is 5.75 Å². The van der Waals surface area contributed by atoms with Crippen LogP contribution in [-0.2, 0) is 14.3 Å². The van der Waals surface area contributed by atoms with Crippen LogP contribution in [0.2, 0.25) is 0 Å². The summed E-state index contributed by atoms with van der Waals surface area (Å²) in [6.07, 6.45) is 6.52. The number of hydrogen-bond donors (Lipinski definition) is 1. The van der Waals surface area contributed by atoms with Crippen molar-refractivity contribution in [2.24, 2.45) is 0 Å². The summed E-state index contributed by atoms with van der Waals surface area (Å²) >= 11 is 0. The van der Waals surface area contributed by atoms with Gasteiger partial charge < -0.3 is 19.5 Å². The van der Waals surface area contributed by atoms with Gasteiger partial charge >= 0.3 is 5.97 Å². The standard InChI is InChI=1S/C20H29NO5/c1-4-13-26-20(11-7-5-6-8-12-20)19(23)21-15-9-10-17(24-2)16(14-15)18(22)25-3/h9-10,14H,4-8,11-13H2,1-3H3,(H,21,23). The fourth-order valence-electron chi connectivity index (χ4n) is 3.33. The Morgan fingerprint density at radius 1 is 1.12 bits per heavy atom.